The summed E-state index contributed by atoms with van der Waals surface area (Å²) in [5.41, 5.74) is 0. The summed E-state index contributed by atoms with van der Waals surface area (Å²) in [5, 5.41) is 3.73. The second kappa shape index (κ2) is 2.68. The van der Waals surface area contributed by atoms with Crippen LogP contribution in [0.2, 0.25) is 0 Å². The van der Waals surface area contributed by atoms with Crippen molar-refractivity contribution in [3.8, 4) is 0 Å². The van der Waals surface area contributed by atoms with Crippen molar-refractivity contribution in [3.05, 3.63) is 48.5 Å². The second-order valence-electron chi connectivity index (χ2n) is 4.28. The number of rotatable bonds is 0. The zero-order chi connectivity index (χ0) is 11.6. The monoisotopic (exact) mass is 240 g/mol. The van der Waals surface area contributed by atoms with E-state index in [1.807, 2.05) is 24.3 Å². The minimum absolute atomic E-state index is 0.446. The van der Waals surface area contributed by atoms with Crippen LogP contribution < -0.4 is 0 Å². The van der Waals surface area contributed by atoms with Crippen LogP contribution in [-0.4, -0.2) is 8.42 Å². The molecule has 0 amide bonds. The summed E-state index contributed by atoms with van der Waals surface area (Å²) >= 11 is 0. The normalized spacial score (nSPS) is 16.0. The van der Waals surface area contributed by atoms with E-state index in [0.29, 0.717) is 9.79 Å². The molecule has 0 N–H and O–H groups in total. The van der Waals surface area contributed by atoms with Crippen LogP contribution in [-0.2, 0) is 9.84 Å². The molecule has 3 aromatic carbocycles. The van der Waals surface area contributed by atoms with Crippen LogP contribution in [0.3, 0.4) is 0 Å². The van der Waals surface area contributed by atoms with Crippen LogP contribution in [0.5, 0.6) is 0 Å². The van der Waals surface area contributed by atoms with Crippen LogP contribution in [0, 0.1) is 0 Å². The summed E-state index contributed by atoms with van der Waals surface area (Å²) in [4.78, 5) is 0.892. The van der Waals surface area contributed by atoms with Crippen molar-refractivity contribution < 1.29 is 8.42 Å². The Kier molecular flexibility index (Phi) is 1.45. The molecule has 1 heterocycles. The van der Waals surface area contributed by atoms with Gasteiger partial charge < -0.3 is 0 Å². The maximum atomic E-state index is 12.4. The summed E-state index contributed by atoms with van der Waals surface area (Å²) in [7, 11) is -3.31. The van der Waals surface area contributed by atoms with Gasteiger partial charge in [-0.2, -0.15) is 0 Å². The molecule has 2 nitrogen and oxygen atoms in total. The van der Waals surface area contributed by atoms with Crippen molar-refractivity contribution in [1.82, 2.24) is 0 Å². The molecule has 3 aromatic rings. The van der Waals surface area contributed by atoms with E-state index < -0.39 is 9.84 Å². The largest absolute Gasteiger partial charge is 0.218 e. The van der Waals surface area contributed by atoms with Gasteiger partial charge in [-0.25, -0.2) is 8.42 Å². The molecule has 1 aliphatic rings. The first-order chi connectivity index (χ1) is 8.19. The Bertz CT molecular complexity index is 824. The molecule has 0 saturated carbocycles. The second-order valence-corrected chi connectivity index (χ2v) is 6.16. The zero-order valence-electron chi connectivity index (χ0n) is 8.84. The Labute approximate surface area is 98.4 Å². The number of benzene rings is 3. The lowest BCUT2D eigenvalue weighted by Gasteiger charge is -2.00. The van der Waals surface area contributed by atoms with Gasteiger partial charge in [-0.3, -0.25) is 0 Å². The van der Waals surface area contributed by atoms with Crippen LogP contribution >= 0.6 is 0 Å². The molecule has 0 spiro atoms. The lowest BCUT2D eigenvalue weighted by molar-refractivity contribution is 0.599. The molecule has 0 unspecified atom stereocenters. The lowest BCUT2D eigenvalue weighted by Crippen LogP contribution is -1.96. The fraction of sp³-hybridized carbons (Fsp3) is 0. The highest BCUT2D eigenvalue weighted by molar-refractivity contribution is 7.92. The van der Waals surface area contributed by atoms with Crippen LogP contribution in [0.15, 0.2) is 58.3 Å². The van der Waals surface area contributed by atoms with Gasteiger partial charge in [0, 0.05) is 10.8 Å². The van der Waals surface area contributed by atoms with Gasteiger partial charge in [-0.05, 0) is 22.9 Å². The van der Waals surface area contributed by atoms with Gasteiger partial charge in [0.05, 0.1) is 9.79 Å². The smallest absolute Gasteiger partial charge is 0.207 e. The fourth-order valence-corrected chi connectivity index (χ4v) is 4.38. The lowest BCUT2D eigenvalue weighted by atomic mass is 10.0. The van der Waals surface area contributed by atoms with Crippen LogP contribution in [0.25, 0.3) is 21.5 Å². The van der Waals surface area contributed by atoms with Crippen molar-refractivity contribution in [2.45, 2.75) is 9.79 Å². The first kappa shape index (κ1) is 9.19. The Morgan fingerprint density at radius 1 is 0.647 bits per heavy atom. The third kappa shape index (κ3) is 0.936. The van der Waals surface area contributed by atoms with E-state index >= 15 is 0 Å². The highest BCUT2D eigenvalue weighted by Gasteiger charge is 2.30. The van der Waals surface area contributed by atoms with Crippen molar-refractivity contribution in [2.75, 3.05) is 0 Å². The average Bonchev–Trinajstić information content (AvgIpc) is 2.59. The van der Waals surface area contributed by atoms with Gasteiger partial charge in [0.15, 0.2) is 0 Å². The van der Waals surface area contributed by atoms with Crippen molar-refractivity contribution in [2.24, 2.45) is 0 Å². The highest BCUT2D eigenvalue weighted by atomic mass is 32.2. The van der Waals surface area contributed by atoms with Gasteiger partial charge in [-0.1, -0.05) is 36.4 Å². The molecule has 0 atom stereocenters. The van der Waals surface area contributed by atoms with E-state index in [1.54, 1.807) is 24.3 Å². The van der Waals surface area contributed by atoms with Crippen LogP contribution in [0.1, 0.15) is 0 Å². The Morgan fingerprint density at radius 3 is 1.59 bits per heavy atom. The molecule has 0 aromatic heterocycles. The maximum Gasteiger partial charge on any atom is 0.207 e. The zero-order valence-corrected chi connectivity index (χ0v) is 9.66. The van der Waals surface area contributed by atoms with Gasteiger partial charge in [0.2, 0.25) is 9.84 Å². The maximum absolute atomic E-state index is 12.4. The molecule has 17 heavy (non-hydrogen) atoms. The minimum Gasteiger partial charge on any atom is -0.218 e. The van der Waals surface area contributed by atoms with Crippen molar-refractivity contribution in [1.29, 1.82) is 0 Å². The van der Waals surface area contributed by atoms with E-state index in [1.165, 1.54) is 0 Å². The molecule has 0 aliphatic carbocycles. The minimum atomic E-state index is -3.31. The summed E-state index contributed by atoms with van der Waals surface area (Å²) < 4.78 is 24.8. The molecule has 0 fully saturated rings. The number of hydrogen-bond donors (Lipinski definition) is 0. The van der Waals surface area contributed by atoms with E-state index in [9.17, 15) is 8.42 Å². The van der Waals surface area contributed by atoms with Gasteiger partial charge in [-0.15, -0.1) is 0 Å². The Morgan fingerprint density at radius 2 is 1.12 bits per heavy atom. The molecule has 82 valence electrons. The van der Waals surface area contributed by atoms with E-state index in [2.05, 4.69) is 0 Å². The predicted octanol–water partition coefficient (Wildman–Crippen LogP) is 3.14. The first-order valence-electron chi connectivity index (χ1n) is 5.39. The molecule has 0 saturated heterocycles. The third-order valence-corrected chi connectivity index (χ3v) is 5.23. The number of hydrogen-bond acceptors (Lipinski definition) is 2. The summed E-state index contributed by atoms with van der Waals surface area (Å²) in [6, 6.07) is 14.8. The molecular formula is C14H8O2S. The molecule has 0 radical (unpaired) electrons. The summed E-state index contributed by atoms with van der Waals surface area (Å²) in [6.07, 6.45) is 0. The quantitative estimate of drug-likeness (QED) is 0.442. The predicted molar refractivity (Wildman–Crippen MR) is 66.9 cm³/mol. The average molecular weight is 240 g/mol. The van der Waals surface area contributed by atoms with Gasteiger partial charge in [0.25, 0.3) is 0 Å². The first-order valence-corrected chi connectivity index (χ1v) is 6.87. The SMILES string of the molecule is O=S1(=O)c2cccc3ccc4cccc1c4c23. The molecule has 0 bridgehead atoms. The highest BCUT2D eigenvalue weighted by Crippen LogP contribution is 2.43. The van der Waals surface area contributed by atoms with Crippen molar-refractivity contribution >= 4 is 31.4 Å². The van der Waals surface area contributed by atoms with Crippen molar-refractivity contribution in [3.63, 3.8) is 0 Å². The van der Waals surface area contributed by atoms with Gasteiger partial charge in [0.1, 0.15) is 0 Å². The third-order valence-electron chi connectivity index (χ3n) is 3.39. The summed E-state index contributed by atoms with van der Waals surface area (Å²) in [5.74, 6) is 0. The van der Waals surface area contributed by atoms with E-state index in [0.717, 1.165) is 21.5 Å². The molecule has 4 rings (SSSR count). The molecular weight excluding hydrogens is 232 g/mol. The molecule has 3 heteroatoms. The van der Waals surface area contributed by atoms with Gasteiger partial charge >= 0.3 is 0 Å². The van der Waals surface area contributed by atoms with E-state index in [4.69, 9.17) is 0 Å². The van der Waals surface area contributed by atoms with E-state index in [-0.39, 0.29) is 0 Å². The standard InChI is InChI=1S/C14H8O2S/c15-17(16)11-5-1-3-9-7-8-10-4-2-6-12(17)14(10)13(9)11/h1-8H. The Balaban J connectivity index is 2.51. The number of sulfone groups is 1. The molecule has 1 aliphatic heterocycles. The summed E-state index contributed by atoms with van der Waals surface area (Å²) in [6.45, 7) is 0. The topological polar surface area (TPSA) is 34.1 Å². The Hall–Kier alpha value is -1.87. The van der Waals surface area contributed by atoms with Crippen LogP contribution in [0.4, 0.5) is 0 Å². The fourth-order valence-electron chi connectivity index (χ4n) is 2.65.